The van der Waals surface area contributed by atoms with Crippen molar-refractivity contribution in [3.05, 3.63) is 0 Å². The van der Waals surface area contributed by atoms with Crippen LogP contribution in [-0.4, -0.2) is 11.2 Å². The quantitative estimate of drug-likeness (QED) is 0.699. The molecule has 0 spiro atoms. The molecule has 0 radical (unpaired) electrons. The van der Waals surface area contributed by atoms with E-state index in [1.807, 2.05) is 0 Å². The number of aliphatic hydroxyl groups is 1. The van der Waals surface area contributed by atoms with Crippen LogP contribution in [0.25, 0.3) is 0 Å². The van der Waals surface area contributed by atoms with Crippen LogP contribution in [0.5, 0.6) is 0 Å². The molecule has 0 bridgehead atoms. The van der Waals surface area contributed by atoms with Gasteiger partial charge in [-0.05, 0) is 36.5 Å². The molecule has 1 aliphatic rings. The molecular formula is C12H24O. The monoisotopic (exact) mass is 184 g/mol. The highest BCUT2D eigenvalue weighted by molar-refractivity contribution is 4.86. The fourth-order valence-corrected chi connectivity index (χ4v) is 2.87. The summed E-state index contributed by atoms with van der Waals surface area (Å²) >= 11 is 0. The van der Waals surface area contributed by atoms with Crippen molar-refractivity contribution < 1.29 is 5.11 Å². The first-order chi connectivity index (χ1) is 6.07. The molecule has 0 aromatic carbocycles. The van der Waals surface area contributed by atoms with Crippen molar-refractivity contribution in [1.82, 2.24) is 0 Å². The molecule has 1 N–H and O–H groups in total. The van der Waals surface area contributed by atoms with Crippen molar-refractivity contribution in [2.75, 3.05) is 0 Å². The maximum atomic E-state index is 10.2. The molecule has 1 fully saturated rings. The van der Waals surface area contributed by atoms with Crippen molar-refractivity contribution in [2.24, 2.45) is 23.7 Å². The highest BCUT2D eigenvalue weighted by atomic mass is 16.3. The lowest BCUT2D eigenvalue weighted by Crippen LogP contribution is -2.40. The molecular weight excluding hydrogens is 160 g/mol. The molecule has 0 aromatic heterocycles. The summed E-state index contributed by atoms with van der Waals surface area (Å²) in [4.78, 5) is 0. The summed E-state index contributed by atoms with van der Waals surface area (Å²) in [5.74, 6) is 2.44. The predicted octanol–water partition coefficient (Wildman–Crippen LogP) is 3.08. The minimum absolute atomic E-state index is 0.0475. The smallest absolute Gasteiger partial charge is 0.0601 e. The SMILES string of the molecule is CCC1C(C)CCC(C(C)C)C1O. The van der Waals surface area contributed by atoms with Gasteiger partial charge in [0.2, 0.25) is 0 Å². The van der Waals surface area contributed by atoms with E-state index < -0.39 is 0 Å². The van der Waals surface area contributed by atoms with Gasteiger partial charge in [-0.15, -0.1) is 0 Å². The molecule has 78 valence electrons. The van der Waals surface area contributed by atoms with Crippen LogP contribution in [0, 0.1) is 23.7 Å². The van der Waals surface area contributed by atoms with E-state index in [2.05, 4.69) is 27.7 Å². The van der Waals surface area contributed by atoms with Gasteiger partial charge >= 0.3 is 0 Å². The summed E-state index contributed by atoms with van der Waals surface area (Å²) in [6, 6.07) is 0. The molecule has 4 atom stereocenters. The first-order valence-electron chi connectivity index (χ1n) is 5.76. The fourth-order valence-electron chi connectivity index (χ4n) is 2.87. The van der Waals surface area contributed by atoms with Gasteiger partial charge in [0.25, 0.3) is 0 Å². The normalized spacial score (nSPS) is 41.1. The lowest BCUT2D eigenvalue weighted by molar-refractivity contribution is -0.0287. The summed E-state index contributed by atoms with van der Waals surface area (Å²) < 4.78 is 0. The maximum absolute atomic E-state index is 10.2. The minimum atomic E-state index is -0.0475. The third-order valence-electron chi connectivity index (χ3n) is 3.89. The van der Waals surface area contributed by atoms with Crippen LogP contribution in [0.15, 0.2) is 0 Å². The molecule has 0 aliphatic heterocycles. The molecule has 1 saturated carbocycles. The molecule has 0 aromatic rings. The van der Waals surface area contributed by atoms with E-state index in [0.717, 1.165) is 12.3 Å². The molecule has 1 heteroatoms. The lowest BCUT2D eigenvalue weighted by atomic mass is 9.68. The Balaban J connectivity index is 2.63. The molecule has 1 rings (SSSR count). The van der Waals surface area contributed by atoms with Crippen molar-refractivity contribution in [3.63, 3.8) is 0 Å². The second-order valence-electron chi connectivity index (χ2n) is 5.03. The molecule has 4 unspecified atom stereocenters. The fraction of sp³-hybridized carbons (Fsp3) is 1.00. The van der Waals surface area contributed by atoms with Crippen LogP contribution in [0.3, 0.4) is 0 Å². The standard InChI is InChI=1S/C12H24O/c1-5-10-9(4)6-7-11(8(2)3)12(10)13/h8-13H,5-7H2,1-4H3. The van der Waals surface area contributed by atoms with E-state index in [9.17, 15) is 5.11 Å². The van der Waals surface area contributed by atoms with Gasteiger partial charge < -0.3 is 5.11 Å². The van der Waals surface area contributed by atoms with Crippen molar-refractivity contribution in [3.8, 4) is 0 Å². The Morgan fingerprint density at radius 1 is 1.31 bits per heavy atom. The van der Waals surface area contributed by atoms with E-state index in [1.54, 1.807) is 0 Å². The lowest BCUT2D eigenvalue weighted by Gasteiger charge is -2.40. The molecule has 0 amide bonds. The Hall–Kier alpha value is -0.0400. The Morgan fingerprint density at radius 2 is 1.92 bits per heavy atom. The van der Waals surface area contributed by atoms with Gasteiger partial charge in [0.05, 0.1) is 6.10 Å². The zero-order valence-electron chi connectivity index (χ0n) is 9.46. The average Bonchev–Trinajstić information content (AvgIpc) is 2.04. The van der Waals surface area contributed by atoms with Gasteiger partial charge in [-0.25, -0.2) is 0 Å². The van der Waals surface area contributed by atoms with Gasteiger partial charge in [0, 0.05) is 0 Å². The van der Waals surface area contributed by atoms with E-state index in [1.165, 1.54) is 12.8 Å². The molecule has 1 nitrogen and oxygen atoms in total. The van der Waals surface area contributed by atoms with Gasteiger partial charge in [-0.2, -0.15) is 0 Å². The summed E-state index contributed by atoms with van der Waals surface area (Å²) in [5, 5.41) is 10.2. The van der Waals surface area contributed by atoms with Crippen LogP contribution in [0.2, 0.25) is 0 Å². The first-order valence-corrected chi connectivity index (χ1v) is 5.76. The number of rotatable bonds is 2. The summed E-state index contributed by atoms with van der Waals surface area (Å²) in [6.45, 7) is 8.95. The Bertz CT molecular complexity index is 151. The van der Waals surface area contributed by atoms with Crippen molar-refractivity contribution in [2.45, 2.75) is 53.1 Å². The highest BCUT2D eigenvalue weighted by Crippen LogP contribution is 2.38. The van der Waals surface area contributed by atoms with Crippen molar-refractivity contribution >= 4 is 0 Å². The van der Waals surface area contributed by atoms with Gasteiger partial charge in [-0.3, -0.25) is 0 Å². The second kappa shape index (κ2) is 4.45. The van der Waals surface area contributed by atoms with Crippen molar-refractivity contribution in [1.29, 1.82) is 0 Å². The number of aliphatic hydroxyl groups excluding tert-OH is 1. The predicted molar refractivity (Wildman–Crippen MR) is 56.5 cm³/mol. The Labute approximate surface area is 82.5 Å². The number of hydrogen-bond donors (Lipinski definition) is 1. The molecule has 1 aliphatic carbocycles. The maximum Gasteiger partial charge on any atom is 0.0601 e. The molecule has 0 heterocycles. The third kappa shape index (κ3) is 2.25. The molecule has 13 heavy (non-hydrogen) atoms. The summed E-state index contributed by atoms with van der Waals surface area (Å²) in [6.07, 6.45) is 3.61. The zero-order valence-corrected chi connectivity index (χ0v) is 9.46. The zero-order chi connectivity index (χ0) is 10.0. The Kier molecular flexibility index (Phi) is 3.78. The molecule has 0 saturated heterocycles. The first kappa shape index (κ1) is 11.0. The van der Waals surface area contributed by atoms with Crippen LogP contribution in [0.1, 0.15) is 47.0 Å². The van der Waals surface area contributed by atoms with E-state index in [0.29, 0.717) is 17.8 Å². The van der Waals surface area contributed by atoms with E-state index in [4.69, 9.17) is 0 Å². The number of hydrogen-bond acceptors (Lipinski definition) is 1. The van der Waals surface area contributed by atoms with E-state index in [-0.39, 0.29) is 6.10 Å². The minimum Gasteiger partial charge on any atom is -0.393 e. The van der Waals surface area contributed by atoms with Gasteiger partial charge in [0.15, 0.2) is 0 Å². The van der Waals surface area contributed by atoms with Gasteiger partial charge in [0.1, 0.15) is 0 Å². The van der Waals surface area contributed by atoms with Gasteiger partial charge in [-0.1, -0.05) is 34.1 Å². The average molecular weight is 184 g/mol. The van der Waals surface area contributed by atoms with E-state index >= 15 is 0 Å². The van der Waals surface area contributed by atoms with Crippen LogP contribution in [0.4, 0.5) is 0 Å². The second-order valence-corrected chi connectivity index (χ2v) is 5.03. The van der Waals surface area contributed by atoms with Crippen LogP contribution in [-0.2, 0) is 0 Å². The topological polar surface area (TPSA) is 20.2 Å². The third-order valence-corrected chi connectivity index (χ3v) is 3.89. The highest BCUT2D eigenvalue weighted by Gasteiger charge is 2.36. The van der Waals surface area contributed by atoms with Crippen LogP contribution >= 0.6 is 0 Å². The largest absolute Gasteiger partial charge is 0.393 e. The Morgan fingerprint density at radius 3 is 2.38 bits per heavy atom. The van der Waals surface area contributed by atoms with Crippen LogP contribution < -0.4 is 0 Å². The summed E-state index contributed by atoms with van der Waals surface area (Å²) in [7, 11) is 0. The summed E-state index contributed by atoms with van der Waals surface area (Å²) in [5.41, 5.74) is 0.